The lowest BCUT2D eigenvalue weighted by atomic mass is 9.87. The molecule has 0 radical (unpaired) electrons. The summed E-state index contributed by atoms with van der Waals surface area (Å²) in [4.78, 5) is 5.44. The molecule has 1 N–H and O–H groups in total. The van der Waals surface area contributed by atoms with Crippen molar-refractivity contribution >= 4 is 11.3 Å². The Kier molecular flexibility index (Phi) is 4.56. The van der Waals surface area contributed by atoms with Crippen molar-refractivity contribution in [2.45, 2.75) is 45.8 Å². The Morgan fingerprint density at radius 2 is 2.33 bits per heavy atom. The number of benzene rings is 1. The largest absolute Gasteiger partial charge is 0.488 e. The van der Waals surface area contributed by atoms with Crippen molar-refractivity contribution in [3.63, 3.8) is 0 Å². The summed E-state index contributed by atoms with van der Waals surface area (Å²) in [6, 6.07) is 7.02. The highest BCUT2D eigenvalue weighted by molar-refractivity contribution is 7.11. The van der Waals surface area contributed by atoms with E-state index < -0.39 is 0 Å². The summed E-state index contributed by atoms with van der Waals surface area (Å²) in [5.41, 5.74) is 2.88. The Morgan fingerprint density at radius 3 is 3.10 bits per heavy atom. The molecule has 0 spiro atoms. The van der Waals surface area contributed by atoms with Gasteiger partial charge in [-0.05, 0) is 56.0 Å². The van der Waals surface area contributed by atoms with Crippen LogP contribution < -0.4 is 10.1 Å². The van der Waals surface area contributed by atoms with E-state index in [1.54, 1.807) is 11.3 Å². The topological polar surface area (TPSA) is 34.1 Å². The minimum absolute atomic E-state index is 0.480. The summed E-state index contributed by atoms with van der Waals surface area (Å²) >= 11 is 1.70. The molecule has 21 heavy (non-hydrogen) atoms. The van der Waals surface area contributed by atoms with Gasteiger partial charge in [-0.2, -0.15) is 0 Å². The van der Waals surface area contributed by atoms with Crippen molar-refractivity contribution in [2.75, 3.05) is 6.54 Å². The van der Waals surface area contributed by atoms with Gasteiger partial charge in [0.1, 0.15) is 12.4 Å². The van der Waals surface area contributed by atoms with Gasteiger partial charge in [0.2, 0.25) is 0 Å². The second-order valence-electron chi connectivity index (χ2n) is 5.50. The van der Waals surface area contributed by atoms with Crippen LogP contribution in [0, 0.1) is 6.92 Å². The standard InChI is InChI=1S/C17H22N2OS/c1-3-18-17-6-4-5-13-7-8-14(9-16(13)17)20-11-15-10-19-12(2)21-15/h7-10,17-18H,3-6,11H2,1-2H3. The number of nitrogens with zero attached hydrogens (tertiary/aromatic N) is 1. The second-order valence-corrected chi connectivity index (χ2v) is 6.82. The van der Waals surface area contributed by atoms with Crippen LogP contribution in [0.15, 0.2) is 24.4 Å². The van der Waals surface area contributed by atoms with Crippen molar-refractivity contribution in [1.29, 1.82) is 0 Å². The molecule has 1 aromatic carbocycles. The van der Waals surface area contributed by atoms with Crippen molar-refractivity contribution in [3.05, 3.63) is 45.4 Å². The zero-order valence-electron chi connectivity index (χ0n) is 12.7. The van der Waals surface area contributed by atoms with Gasteiger partial charge in [-0.3, -0.25) is 0 Å². The minimum atomic E-state index is 0.480. The van der Waals surface area contributed by atoms with Crippen LogP contribution >= 0.6 is 11.3 Å². The van der Waals surface area contributed by atoms with Crippen LogP contribution in [-0.4, -0.2) is 11.5 Å². The van der Waals surface area contributed by atoms with E-state index in [9.17, 15) is 0 Å². The Bertz CT molecular complexity index is 609. The van der Waals surface area contributed by atoms with Crippen LogP contribution in [0.5, 0.6) is 5.75 Å². The summed E-state index contributed by atoms with van der Waals surface area (Å²) in [6.07, 6.45) is 5.58. The molecule has 0 bridgehead atoms. The molecule has 1 atom stereocenters. The van der Waals surface area contributed by atoms with Crippen LogP contribution in [0.2, 0.25) is 0 Å². The third-order valence-electron chi connectivity index (χ3n) is 3.93. The number of aryl methyl sites for hydroxylation is 2. The Labute approximate surface area is 130 Å². The first-order chi connectivity index (χ1) is 10.3. The Balaban J connectivity index is 1.73. The zero-order valence-corrected chi connectivity index (χ0v) is 13.5. The first kappa shape index (κ1) is 14.5. The maximum absolute atomic E-state index is 5.94. The van der Waals surface area contributed by atoms with Crippen LogP contribution in [-0.2, 0) is 13.0 Å². The summed E-state index contributed by atoms with van der Waals surface area (Å²) in [5, 5.41) is 4.67. The van der Waals surface area contributed by atoms with Crippen LogP contribution in [0.4, 0.5) is 0 Å². The first-order valence-corrected chi connectivity index (χ1v) is 8.48. The first-order valence-electron chi connectivity index (χ1n) is 7.66. The number of hydrogen-bond acceptors (Lipinski definition) is 4. The fourth-order valence-corrected chi connectivity index (χ4v) is 3.66. The number of thiazole rings is 1. The summed E-state index contributed by atoms with van der Waals surface area (Å²) in [7, 11) is 0. The molecule has 1 aliphatic carbocycles. The summed E-state index contributed by atoms with van der Waals surface area (Å²) in [5.74, 6) is 0.963. The predicted molar refractivity (Wildman–Crippen MR) is 87.0 cm³/mol. The van der Waals surface area contributed by atoms with Crippen LogP contribution in [0.1, 0.15) is 46.8 Å². The molecule has 2 aromatic rings. The molecular formula is C17H22N2OS. The average molecular weight is 302 g/mol. The molecule has 4 heteroatoms. The second kappa shape index (κ2) is 6.58. The highest BCUT2D eigenvalue weighted by Gasteiger charge is 2.19. The smallest absolute Gasteiger partial charge is 0.124 e. The molecule has 0 saturated carbocycles. The van der Waals surface area contributed by atoms with E-state index in [4.69, 9.17) is 4.74 Å². The SMILES string of the molecule is CCNC1CCCc2ccc(OCc3cnc(C)s3)cc21. The fourth-order valence-electron chi connectivity index (χ4n) is 2.95. The lowest BCUT2D eigenvalue weighted by molar-refractivity contribution is 0.308. The zero-order chi connectivity index (χ0) is 14.7. The number of rotatable bonds is 5. The lowest BCUT2D eigenvalue weighted by Gasteiger charge is -2.26. The van der Waals surface area contributed by atoms with Crippen LogP contribution in [0.25, 0.3) is 0 Å². The molecule has 0 aliphatic heterocycles. The molecule has 112 valence electrons. The predicted octanol–water partition coefficient (Wildman–Crippen LogP) is 4.02. The normalized spacial score (nSPS) is 17.5. The third kappa shape index (κ3) is 3.44. The fraction of sp³-hybridized carbons (Fsp3) is 0.471. The van der Waals surface area contributed by atoms with Gasteiger partial charge in [0.05, 0.1) is 9.88 Å². The number of aromatic nitrogens is 1. The van der Waals surface area contributed by atoms with Gasteiger partial charge in [0, 0.05) is 12.2 Å². The van der Waals surface area contributed by atoms with E-state index in [1.807, 2.05) is 13.1 Å². The van der Waals surface area contributed by atoms with Gasteiger partial charge < -0.3 is 10.1 Å². The quantitative estimate of drug-likeness (QED) is 0.906. The van der Waals surface area contributed by atoms with E-state index in [0.29, 0.717) is 12.6 Å². The number of nitrogens with one attached hydrogen (secondary N) is 1. The maximum Gasteiger partial charge on any atom is 0.124 e. The minimum Gasteiger partial charge on any atom is -0.488 e. The Morgan fingerprint density at radius 1 is 1.43 bits per heavy atom. The van der Waals surface area contributed by atoms with Gasteiger partial charge in [0.25, 0.3) is 0 Å². The summed E-state index contributed by atoms with van der Waals surface area (Å²) in [6.45, 7) is 5.81. The van der Waals surface area contributed by atoms with Gasteiger partial charge in [-0.15, -0.1) is 11.3 Å². The van der Waals surface area contributed by atoms with Crippen molar-refractivity contribution in [1.82, 2.24) is 10.3 Å². The van der Waals surface area contributed by atoms with Crippen LogP contribution in [0.3, 0.4) is 0 Å². The van der Waals surface area contributed by atoms with Gasteiger partial charge in [0.15, 0.2) is 0 Å². The van der Waals surface area contributed by atoms with E-state index in [0.717, 1.165) is 17.3 Å². The van der Waals surface area contributed by atoms with Crippen molar-refractivity contribution in [2.24, 2.45) is 0 Å². The lowest BCUT2D eigenvalue weighted by Crippen LogP contribution is -2.24. The monoisotopic (exact) mass is 302 g/mol. The average Bonchev–Trinajstić information content (AvgIpc) is 2.91. The molecule has 1 unspecified atom stereocenters. The van der Waals surface area contributed by atoms with E-state index in [-0.39, 0.29) is 0 Å². The molecule has 0 fully saturated rings. The highest BCUT2D eigenvalue weighted by atomic mass is 32.1. The molecule has 1 aromatic heterocycles. The molecule has 1 heterocycles. The Hall–Kier alpha value is -1.39. The van der Waals surface area contributed by atoms with Crippen molar-refractivity contribution < 1.29 is 4.74 Å². The van der Waals surface area contributed by atoms with Crippen molar-refractivity contribution in [3.8, 4) is 5.75 Å². The molecule has 0 amide bonds. The molecular weight excluding hydrogens is 280 g/mol. The van der Waals surface area contributed by atoms with Gasteiger partial charge in [-0.1, -0.05) is 13.0 Å². The third-order valence-corrected chi connectivity index (χ3v) is 4.82. The maximum atomic E-state index is 5.94. The van der Waals surface area contributed by atoms with Gasteiger partial charge >= 0.3 is 0 Å². The van der Waals surface area contributed by atoms with E-state index in [1.165, 1.54) is 35.3 Å². The molecule has 3 rings (SSSR count). The molecule has 3 nitrogen and oxygen atoms in total. The number of ether oxygens (including phenoxy) is 1. The van der Waals surface area contributed by atoms with Gasteiger partial charge in [-0.25, -0.2) is 4.98 Å². The highest BCUT2D eigenvalue weighted by Crippen LogP contribution is 2.32. The van der Waals surface area contributed by atoms with E-state index in [2.05, 4.69) is 35.4 Å². The molecule has 1 aliphatic rings. The summed E-state index contributed by atoms with van der Waals surface area (Å²) < 4.78 is 5.94. The number of fused-ring (bicyclic) bond motifs is 1. The van der Waals surface area contributed by atoms with E-state index >= 15 is 0 Å². The number of hydrogen-bond donors (Lipinski definition) is 1. The molecule has 0 saturated heterocycles.